The van der Waals surface area contributed by atoms with Crippen LogP contribution in [0.25, 0.3) is 0 Å². The molecule has 6 aromatic rings. The SMILES string of the molecule is O=C1N[C@@H](c2cc(C#Cc3ccc(Cl)cc3)ccn2)[C@H](c2ccc(F)cc2)O1.O=C1N[C@H](c2cc(C#Cc3ccc(Cl)cc3)ccn2)[C@@H](c2ccc(F)cc2)O1. The zero-order chi connectivity index (χ0) is 39.0. The Hall–Kier alpha value is -6.72. The number of carbonyl (C=O) groups is 2. The Morgan fingerprint density at radius 2 is 0.857 bits per heavy atom. The number of amides is 2. The minimum absolute atomic E-state index is 0.352. The second-order valence-corrected chi connectivity index (χ2v) is 13.3. The fraction of sp³-hybridized carbons (Fsp3) is 0.0909. The molecule has 0 saturated carbocycles. The first kappa shape index (κ1) is 37.6. The van der Waals surface area contributed by atoms with Gasteiger partial charge in [-0.2, -0.15) is 0 Å². The highest BCUT2D eigenvalue weighted by atomic mass is 35.5. The molecule has 2 aliphatic rings. The molecule has 0 radical (unpaired) electrons. The van der Waals surface area contributed by atoms with E-state index < -0.39 is 36.5 Å². The van der Waals surface area contributed by atoms with Crippen molar-refractivity contribution < 1.29 is 27.8 Å². The Morgan fingerprint density at radius 3 is 1.23 bits per heavy atom. The summed E-state index contributed by atoms with van der Waals surface area (Å²) >= 11 is 11.8. The molecule has 2 N–H and O–H groups in total. The van der Waals surface area contributed by atoms with Crippen molar-refractivity contribution in [2.45, 2.75) is 24.3 Å². The predicted molar refractivity (Wildman–Crippen MR) is 206 cm³/mol. The predicted octanol–water partition coefficient (Wildman–Crippen LogP) is 9.59. The molecular formula is C44H28Cl2F2N4O4. The summed E-state index contributed by atoms with van der Waals surface area (Å²) in [5, 5.41) is 6.83. The fourth-order valence-corrected chi connectivity index (χ4v) is 6.12. The van der Waals surface area contributed by atoms with Crippen molar-refractivity contribution in [2.75, 3.05) is 0 Å². The number of nitrogens with zero attached hydrogens (tertiary/aromatic N) is 2. The van der Waals surface area contributed by atoms with Crippen LogP contribution in [0.3, 0.4) is 0 Å². The van der Waals surface area contributed by atoms with E-state index in [1.807, 2.05) is 24.3 Å². The van der Waals surface area contributed by atoms with Gasteiger partial charge in [0, 0.05) is 44.7 Å². The van der Waals surface area contributed by atoms with Gasteiger partial charge in [-0.3, -0.25) is 9.97 Å². The van der Waals surface area contributed by atoms with E-state index in [1.165, 1.54) is 24.3 Å². The van der Waals surface area contributed by atoms with E-state index in [0.29, 0.717) is 32.6 Å². The molecule has 4 atom stereocenters. The number of halogens is 4. The lowest BCUT2D eigenvalue weighted by atomic mass is 9.99. The second-order valence-electron chi connectivity index (χ2n) is 12.5. The number of alkyl carbamates (subject to hydrolysis) is 2. The highest BCUT2D eigenvalue weighted by molar-refractivity contribution is 6.30. The third-order valence-corrected chi connectivity index (χ3v) is 9.11. The quantitative estimate of drug-likeness (QED) is 0.173. The number of cyclic esters (lactones) is 2. The summed E-state index contributed by atoms with van der Waals surface area (Å²) in [5.41, 5.74) is 5.77. The molecule has 2 aliphatic heterocycles. The first-order valence-corrected chi connectivity index (χ1v) is 17.8. The van der Waals surface area contributed by atoms with Crippen LogP contribution >= 0.6 is 23.2 Å². The van der Waals surface area contributed by atoms with E-state index in [4.69, 9.17) is 32.7 Å². The van der Waals surface area contributed by atoms with Gasteiger partial charge in [-0.25, -0.2) is 18.4 Å². The molecule has 4 heterocycles. The maximum atomic E-state index is 13.2. The number of hydrogen-bond donors (Lipinski definition) is 2. The Labute approximate surface area is 330 Å². The summed E-state index contributed by atoms with van der Waals surface area (Å²) < 4.78 is 37.2. The molecular weight excluding hydrogens is 757 g/mol. The largest absolute Gasteiger partial charge is 0.439 e. The monoisotopic (exact) mass is 784 g/mol. The topological polar surface area (TPSA) is 102 Å². The summed E-state index contributed by atoms with van der Waals surface area (Å²) in [6.07, 6.45) is 0.985. The van der Waals surface area contributed by atoms with Crippen molar-refractivity contribution in [1.29, 1.82) is 0 Å². The van der Waals surface area contributed by atoms with Gasteiger partial charge >= 0.3 is 12.2 Å². The molecule has 8 nitrogen and oxygen atoms in total. The van der Waals surface area contributed by atoms with Gasteiger partial charge in [-0.1, -0.05) is 71.1 Å². The standard InChI is InChI=1S/2C22H14ClFN2O2/c2*23-17-7-3-14(4-8-17)1-2-15-11-12-25-19(13-15)20-21(28-22(27)26-20)16-5-9-18(24)10-6-16/h2*3-13,20-21H,(H,26,27)/t2*20-,21-/m10/s1. The molecule has 2 fully saturated rings. The number of carbonyl (C=O) groups excluding carboxylic acids is 2. The van der Waals surface area contributed by atoms with Crippen LogP contribution < -0.4 is 10.6 Å². The van der Waals surface area contributed by atoms with Gasteiger partial charge in [-0.15, -0.1) is 0 Å². The van der Waals surface area contributed by atoms with E-state index in [-0.39, 0.29) is 11.6 Å². The van der Waals surface area contributed by atoms with Crippen LogP contribution in [0.4, 0.5) is 18.4 Å². The van der Waals surface area contributed by atoms with Gasteiger partial charge in [-0.05, 0) is 108 Å². The number of aromatic nitrogens is 2. The number of nitrogens with one attached hydrogen (secondary N) is 2. The highest BCUT2D eigenvalue weighted by Gasteiger charge is 2.38. The van der Waals surface area contributed by atoms with E-state index in [1.54, 1.807) is 85.2 Å². The molecule has 0 aliphatic carbocycles. The van der Waals surface area contributed by atoms with Crippen LogP contribution in [0.15, 0.2) is 134 Å². The summed E-state index contributed by atoms with van der Waals surface area (Å²) in [5.74, 6) is 11.6. The highest BCUT2D eigenvalue weighted by Crippen LogP contribution is 2.37. The Kier molecular flexibility index (Phi) is 11.5. The molecule has 0 bridgehead atoms. The molecule has 2 saturated heterocycles. The van der Waals surface area contributed by atoms with Gasteiger partial charge in [0.05, 0.1) is 11.4 Å². The van der Waals surface area contributed by atoms with Gasteiger partial charge < -0.3 is 20.1 Å². The van der Waals surface area contributed by atoms with Gasteiger partial charge in [0.1, 0.15) is 23.7 Å². The fourth-order valence-electron chi connectivity index (χ4n) is 5.87. The Bertz CT molecular complexity index is 2320. The van der Waals surface area contributed by atoms with E-state index >= 15 is 0 Å². The van der Waals surface area contributed by atoms with Crippen molar-refractivity contribution in [1.82, 2.24) is 20.6 Å². The second kappa shape index (κ2) is 17.2. The Balaban J connectivity index is 0.000000172. The first-order valence-electron chi connectivity index (χ1n) is 17.1. The average molecular weight is 786 g/mol. The van der Waals surface area contributed by atoms with Gasteiger partial charge in [0.2, 0.25) is 0 Å². The zero-order valence-corrected chi connectivity index (χ0v) is 30.6. The first-order chi connectivity index (χ1) is 27.2. The van der Waals surface area contributed by atoms with Crippen LogP contribution in [0, 0.1) is 35.3 Å². The smallest absolute Gasteiger partial charge is 0.408 e. The number of ether oxygens (including phenoxy) is 2. The maximum absolute atomic E-state index is 13.2. The van der Waals surface area contributed by atoms with Crippen LogP contribution in [0.5, 0.6) is 0 Å². The lowest BCUT2D eigenvalue weighted by Gasteiger charge is -2.17. The molecule has 0 spiro atoms. The number of benzene rings is 4. The Morgan fingerprint density at radius 1 is 0.500 bits per heavy atom. The molecule has 56 heavy (non-hydrogen) atoms. The lowest BCUT2D eigenvalue weighted by molar-refractivity contribution is 0.131. The van der Waals surface area contributed by atoms with Gasteiger partial charge in [0.25, 0.3) is 0 Å². The van der Waals surface area contributed by atoms with Crippen molar-refractivity contribution in [3.63, 3.8) is 0 Å². The minimum Gasteiger partial charge on any atom is -0.439 e. The van der Waals surface area contributed by atoms with E-state index in [2.05, 4.69) is 44.3 Å². The van der Waals surface area contributed by atoms with Crippen molar-refractivity contribution in [3.8, 4) is 23.7 Å². The van der Waals surface area contributed by atoms with Crippen LogP contribution in [-0.4, -0.2) is 22.2 Å². The van der Waals surface area contributed by atoms with Crippen LogP contribution in [0.2, 0.25) is 10.0 Å². The molecule has 4 aromatic carbocycles. The molecule has 12 heteroatoms. The molecule has 276 valence electrons. The molecule has 0 unspecified atom stereocenters. The maximum Gasteiger partial charge on any atom is 0.408 e. The van der Waals surface area contributed by atoms with Crippen molar-refractivity contribution >= 4 is 35.4 Å². The molecule has 2 amide bonds. The van der Waals surface area contributed by atoms with E-state index in [0.717, 1.165) is 22.3 Å². The molecule has 2 aromatic heterocycles. The van der Waals surface area contributed by atoms with Crippen molar-refractivity contribution in [2.24, 2.45) is 0 Å². The summed E-state index contributed by atoms with van der Waals surface area (Å²) in [7, 11) is 0. The molecule has 8 rings (SSSR count). The van der Waals surface area contributed by atoms with Crippen LogP contribution in [-0.2, 0) is 9.47 Å². The average Bonchev–Trinajstić information content (AvgIpc) is 3.81. The zero-order valence-electron chi connectivity index (χ0n) is 29.1. The third kappa shape index (κ3) is 9.49. The van der Waals surface area contributed by atoms with E-state index in [9.17, 15) is 18.4 Å². The number of pyridine rings is 2. The lowest BCUT2D eigenvalue weighted by Crippen LogP contribution is -2.20. The normalized spacial score (nSPS) is 18.0. The summed E-state index contributed by atoms with van der Waals surface area (Å²) in [6, 6.07) is 32.4. The van der Waals surface area contributed by atoms with Gasteiger partial charge in [0.15, 0.2) is 12.2 Å². The van der Waals surface area contributed by atoms with Crippen LogP contribution in [0.1, 0.15) is 69.1 Å². The number of rotatable bonds is 4. The number of hydrogen-bond acceptors (Lipinski definition) is 6. The minimum atomic E-state index is -0.597. The van der Waals surface area contributed by atoms with Crippen molar-refractivity contribution in [3.05, 3.63) is 200 Å². The third-order valence-electron chi connectivity index (χ3n) is 8.61. The summed E-state index contributed by atoms with van der Waals surface area (Å²) in [6.45, 7) is 0. The summed E-state index contributed by atoms with van der Waals surface area (Å²) in [4.78, 5) is 32.4.